The average Bonchev–Trinajstić information content (AvgIpc) is 3.62. The molecule has 5 rings (SSSR count). The minimum atomic E-state index is -0.342. The number of hydrogen-bond acceptors (Lipinski definition) is 5. The lowest BCUT2D eigenvalue weighted by Gasteiger charge is -2.12. The van der Waals surface area contributed by atoms with Gasteiger partial charge in [-0.15, -0.1) is 5.10 Å². The van der Waals surface area contributed by atoms with Crippen molar-refractivity contribution in [1.29, 1.82) is 5.26 Å². The number of halogens is 1. The van der Waals surface area contributed by atoms with Gasteiger partial charge in [-0.05, 0) is 85.5 Å². The zero-order valence-corrected chi connectivity index (χ0v) is 19.0. The Morgan fingerprint density at radius 3 is 2.69 bits per heavy atom. The first-order valence-electron chi connectivity index (χ1n) is 11.3. The van der Waals surface area contributed by atoms with Crippen molar-refractivity contribution in [3.63, 3.8) is 0 Å². The summed E-state index contributed by atoms with van der Waals surface area (Å²) in [6.45, 7) is 2.22. The van der Waals surface area contributed by atoms with E-state index in [1.54, 1.807) is 41.1 Å². The van der Waals surface area contributed by atoms with E-state index in [1.165, 1.54) is 12.1 Å². The van der Waals surface area contributed by atoms with Gasteiger partial charge in [0.05, 0.1) is 23.0 Å². The second kappa shape index (κ2) is 9.39. The molecule has 1 fully saturated rings. The van der Waals surface area contributed by atoms with E-state index in [-0.39, 0.29) is 23.3 Å². The molecule has 1 saturated carbocycles. The van der Waals surface area contributed by atoms with E-state index in [4.69, 9.17) is 10.00 Å². The number of ether oxygens (including phenoxy) is 1. The Bertz CT molecular complexity index is 1430. The normalized spacial score (nSPS) is 12.7. The molecular weight excluding hydrogens is 445 g/mol. The number of nitrogens with one attached hydrogen (secondary N) is 1. The lowest BCUT2D eigenvalue weighted by atomic mass is 10.1. The van der Waals surface area contributed by atoms with E-state index in [1.807, 2.05) is 25.1 Å². The summed E-state index contributed by atoms with van der Waals surface area (Å²) in [5, 5.41) is 20.3. The first-order chi connectivity index (χ1) is 17.0. The smallest absolute Gasteiger partial charge is 0.278 e. The van der Waals surface area contributed by atoms with Crippen molar-refractivity contribution in [2.75, 3.05) is 5.32 Å². The second-order valence-corrected chi connectivity index (χ2v) is 8.52. The number of carbonyl (C=O) groups excluding carboxylic acids is 1. The summed E-state index contributed by atoms with van der Waals surface area (Å²) in [6, 6.07) is 20.8. The molecule has 35 heavy (non-hydrogen) atoms. The number of benzene rings is 3. The number of carbonyl (C=O) groups is 1. The highest BCUT2D eigenvalue weighted by Crippen LogP contribution is 2.42. The van der Waals surface area contributed by atoms with Gasteiger partial charge in [0.15, 0.2) is 5.69 Å². The van der Waals surface area contributed by atoms with Gasteiger partial charge in [-0.1, -0.05) is 17.3 Å². The fourth-order valence-electron chi connectivity index (χ4n) is 3.89. The van der Waals surface area contributed by atoms with Crippen LogP contribution in [0.5, 0.6) is 5.75 Å². The Labute approximate surface area is 201 Å². The number of aromatic nitrogens is 3. The van der Waals surface area contributed by atoms with Crippen molar-refractivity contribution in [3.8, 4) is 17.5 Å². The number of aryl methyl sites for hydroxylation is 1. The molecule has 3 aromatic carbocycles. The molecule has 0 atom stereocenters. The monoisotopic (exact) mass is 467 g/mol. The summed E-state index contributed by atoms with van der Waals surface area (Å²) in [4.78, 5) is 13.1. The van der Waals surface area contributed by atoms with Crippen LogP contribution in [0.2, 0.25) is 0 Å². The Hall–Kier alpha value is -4.51. The van der Waals surface area contributed by atoms with Crippen molar-refractivity contribution in [1.82, 2.24) is 15.0 Å². The molecule has 7 nitrogen and oxygen atoms in total. The molecule has 1 amide bonds. The lowest BCUT2D eigenvalue weighted by Crippen LogP contribution is -2.16. The standard InChI is InChI=1S/C27H22FN5O2/c1-17-13-23(35-16-19-4-2-3-18(14-19)15-29)11-12-24(17)30-27(34)25-26(20-5-6-20)33(32-31-25)22-9-7-21(28)8-10-22/h2-4,7-14,20H,5-6,16H2,1H3,(H,30,34). The van der Waals surface area contributed by atoms with Crippen LogP contribution in [0.25, 0.3) is 5.69 Å². The maximum Gasteiger partial charge on any atom is 0.278 e. The quantitative estimate of drug-likeness (QED) is 0.398. The maximum atomic E-state index is 13.4. The molecule has 1 heterocycles. The number of hydrogen-bond donors (Lipinski definition) is 1. The topological polar surface area (TPSA) is 92.8 Å². The fourth-order valence-corrected chi connectivity index (χ4v) is 3.89. The van der Waals surface area contributed by atoms with Crippen molar-refractivity contribution < 1.29 is 13.9 Å². The number of rotatable bonds is 7. The van der Waals surface area contributed by atoms with Crippen LogP contribution in [0.15, 0.2) is 66.7 Å². The molecule has 1 aromatic heterocycles. The van der Waals surface area contributed by atoms with Crippen LogP contribution in [0.3, 0.4) is 0 Å². The minimum absolute atomic E-state index is 0.201. The van der Waals surface area contributed by atoms with E-state index in [2.05, 4.69) is 21.7 Å². The molecule has 1 N–H and O–H groups in total. The molecule has 174 valence electrons. The Morgan fingerprint density at radius 2 is 1.97 bits per heavy atom. The number of nitriles is 1. The largest absolute Gasteiger partial charge is 0.489 e. The molecule has 0 unspecified atom stereocenters. The van der Waals surface area contributed by atoms with Gasteiger partial charge in [-0.3, -0.25) is 4.79 Å². The third-order valence-corrected chi connectivity index (χ3v) is 5.86. The van der Waals surface area contributed by atoms with Crippen molar-refractivity contribution >= 4 is 11.6 Å². The highest BCUT2D eigenvalue weighted by atomic mass is 19.1. The van der Waals surface area contributed by atoms with Crippen LogP contribution in [0.4, 0.5) is 10.1 Å². The summed E-state index contributed by atoms with van der Waals surface area (Å²) in [7, 11) is 0. The highest BCUT2D eigenvalue weighted by molar-refractivity contribution is 6.04. The molecule has 0 saturated heterocycles. The van der Waals surface area contributed by atoms with Crippen LogP contribution in [-0.4, -0.2) is 20.9 Å². The summed E-state index contributed by atoms with van der Waals surface area (Å²) in [6.07, 6.45) is 1.91. The molecule has 0 spiro atoms. The number of anilines is 1. The Kier molecular flexibility index (Phi) is 5.98. The van der Waals surface area contributed by atoms with Crippen LogP contribution < -0.4 is 10.1 Å². The predicted octanol–water partition coefficient (Wildman–Crippen LogP) is 5.30. The SMILES string of the molecule is Cc1cc(OCc2cccc(C#N)c2)ccc1NC(=O)c1nnn(-c2ccc(F)cc2)c1C1CC1. The van der Waals surface area contributed by atoms with Gasteiger partial charge in [0, 0.05) is 11.6 Å². The Balaban J connectivity index is 1.31. The Morgan fingerprint density at radius 1 is 1.17 bits per heavy atom. The van der Waals surface area contributed by atoms with E-state index < -0.39 is 0 Å². The predicted molar refractivity (Wildman–Crippen MR) is 128 cm³/mol. The van der Waals surface area contributed by atoms with Crippen molar-refractivity contribution in [3.05, 3.63) is 101 Å². The van der Waals surface area contributed by atoms with Gasteiger partial charge in [0.25, 0.3) is 5.91 Å². The minimum Gasteiger partial charge on any atom is -0.489 e. The van der Waals surface area contributed by atoms with Crippen LogP contribution >= 0.6 is 0 Å². The van der Waals surface area contributed by atoms with Gasteiger partial charge >= 0.3 is 0 Å². The van der Waals surface area contributed by atoms with E-state index in [9.17, 15) is 9.18 Å². The second-order valence-electron chi connectivity index (χ2n) is 8.52. The van der Waals surface area contributed by atoms with E-state index >= 15 is 0 Å². The fraction of sp³-hybridized carbons (Fsp3) is 0.185. The van der Waals surface area contributed by atoms with Gasteiger partial charge < -0.3 is 10.1 Å². The molecule has 0 bridgehead atoms. The van der Waals surface area contributed by atoms with Gasteiger partial charge in [0.2, 0.25) is 0 Å². The van der Waals surface area contributed by atoms with Gasteiger partial charge in [-0.25, -0.2) is 9.07 Å². The highest BCUT2D eigenvalue weighted by Gasteiger charge is 2.34. The molecule has 8 heteroatoms. The molecule has 4 aromatic rings. The van der Waals surface area contributed by atoms with Crippen LogP contribution in [-0.2, 0) is 6.61 Å². The van der Waals surface area contributed by atoms with Gasteiger partial charge in [-0.2, -0.15) is 5.26 Å². The molecule has 1 aliphatic carbocycles. The summed E-state index contributed by atoms with van der Waals surface area (Å²) in [5.74, 6) is 0.180. The van der Waals surface area contributed by atoms with Crippen LogP contribution in [0.1, 0.15) is 51.6 Å². The van der Waals surface area contributed by atoms with Crippen molar-refractivity contribution in [2.24, 2.45) is 0 Å². The first-order valence-corrected chi connectivity index (χ1v) is 11.3. The molecule has 0 radical (unpaired) electrons. The van der Waals surface area contributed by atoms with Crippen LogP contribution in [0, 0.1) is 24.1 Å². The number of nitrogens with zero attached hydrogens (tertiary/aromatic N) is 4. The van der Waals surface area contributed by atoms with E-state index in [0.29, 0.717) is 29.3 Å². The van der Waals surface area contributed by atoms with E-state index in [0.717, 1.165) is 29.7 Å². The zero-order chi connectivity index (χ0) is 24.4. The van der Waals surface area contributed by atoms with Gasteiger partial charge in [0.1, 0.15) is 18.2 Å². The summed E-state index contributed by atoms with van der Waals surface area (Å²) < 4.78 is 20.8. The number of amides is 1. The first kappa shape index (κ1) is 22.3. The molecule has 1 aliphatic rings. The lowest BCUT2D eigenvalue weighted by molar-refractivity contribution is 0.102. The average molecular weight is 468 g/mol. The maximum absolute atomic E-state index is 13.4. The zero-order valence-electron chi connectivity index (χ0n) is 19.0. The third-order valence-electron chi connectivity index (χ3n) is 5.86. The summed E-state index contributed by atoms with van der Waals surface area (Å²) >= 11 is 0. The van der Waals surface area contributed by atoms with Crippen molar-refractivity contribution in [2.45, 2.75) is 32.3 Å². The summed E-state index contributed by atoms with van der Waals surface area (Å²) in [5.41, 5.74) is 4.64. The third kappa shape index (κ3) is 4.89. The molecular formula is C27H22FN5O2. The molecule has 0 aliphatic heterocycles.